The van der Waals surface area contributed by atoms with E-state index in [2.05, 4.69) is 10.1 Å². The van der Waals surface area contributed by atoms with Gasteiger partial charge in [0.05, 0.1) is 6.61 Å². The molecule has 0 saturated heterocycles. The van der Waals surface area contributed by atoms with Crippen molar-refractivity contribution in [2.45, 2.75) is 45.0 Å². The number of hydrogen-bond donors (Lipinski definition) is 3. The molecule has 0 aromatic heterocycles. The molecular formula is C9H20BNO3. The van der Waals surface area contributed by atoms with Crippen molar-refractivity contribution in [2.75, 3.05) is 6.61 Å². The maximum atomic E-state index is 9.19. The van der Waals surface area contributed by atoms with Crippen LogP contribution in [0.4, 0.5) is 0 Å². The van der Waals surface area contributed by atoms with Gasteiger partial charge in [-0.2, -0.15) is 0 Å². The van der Waals surface area contributed by atoms with Gasteiger partial charge in [-0.1, -0.05) is 12.8 Å². The average Bonchev–Trinajstić information content (AvgIpc) is 2.14. The molecule has 82 valence electrons. The van der Waals surface area contributed by atoms with Gasteiger partial charge in [0.15, 0.2) is 0 Å². The van der Waals surface area contributed by atoms with Crippen LogP contribution >= 0.6 is 0 Å². The van der Waals surface area contributed by atoms with Crippen LogP contribution in [0.2, 0.25) is 6.82 Å². The molecule has 1 fully saturated rings. The van der Waals surface area contributed by atoms with Crippen LogP contribution in [-0.4, -0.2) is 30.0 Å². The SMILES string of the molecule is CB(O)N[C@@H]1CCC[C@H](CCOO)C1. The van der Waals surface area contributed by atoms with E-state index in [1.165, 1.54) is 12.8 Å². The third-order valence-electron chi connectivity index (χ3n) is 2.88. The zero-order chi connectivity index (χ0) is 10.4. The molecule has 1 aliphatic rings. The molecule has 14 heavy (non-hydrogen) atoms. The quantitative estimate of drug-likeness (QED) is 0.354. The Hall–Kier alpha value is -0.0951. The van der Waals surface area contributed by atoms with Crippen LogP contribution in [0.5, 0.6) is 0 Å². The highest BCUT2D eigenvalue weighted by Gasteiger charge is 2.23. The van der Waals surface area contributed by atoms with E-state index in [9.17, 15) is 5.02 Å². The molecule has 0 aliphatic heterocycles. The lowest BCUT2D eigenvalue weighted by molar-refractivity contribution is -0.244. The first kappa shape index (κ1) is 12.0. The van der Waals surface area contributed by atoms with Gasteiger partial charge >= 0.3 is 7.05 Å². The molecule has 0 spiro atoms. The van der Waals surface area contributed by atoms with Crippen LogP contribution in [0.15, 0.2) is 0 Å². The fourth-order valence-electron chi connectivity index (χ4n) is 2.27. The van der Waals surface area contributed by atoms with Crippen LogP contribution in [0, 0.1) is 5.92 Å². The Labute approximate surface area is 85.7 Å². The molecule has 0 aromatic rings. The van der Waals surface area contributed by atoms with Crippen LogP contribution in [0.25, 0.3) is 0 Å². The van der Waals surface area contributed by atoms with Crippen molar-refractivity contribution in [1.29, 1.82) is 0 Å². The minimum atomic E-state index is -0.423. The molecule has 3 N–H and O–H groups in total. The first-order valence-electron chi connectivity index (χ1n) is 5.43. The molecule has 0 amide bonds. The second-order valence-corrected chi connectivity index (χ2v) is 4.19. The molecule has 1 aliphatic carbocycles. The van der Waals surface area contributed by atoms with Crippen LogP contribution in [0.1, 0.15) is 32.1 Å². The summed E-state index contributed by atoms with van der Waals surface area (Å²) >= 11 is 0. The second kappa shape index (κ2) is 6.40. The van der Waals surface area contributed by atoms with Gasteiger partial charge in [0, 0.05) is 0 Å². The predicted molar refractivity (Wildman–Crippen MR) is 55.9 cm³/mol. The standard InChI is InChI=1S/C9H20BNO3/c1-10(12)11-9-4-2-3-8(7-9)5-6-14-13/h8-9,11-13H,2-7H2,1H3/t8-,9-/m1/s1. The molecule has 0 bridgehead atoms. The van der Waals surface area contributed by atoms with Crippen molar-refractivity contribution in [3.8, 4) is 0 Å². The Morgan fingerprint density at radius 3 is 2.93 bits per heavy atom. The fraction of sp³-hybridized carbons (Fsp3) is 1.00. The fourth-order valence-corrected chi connectivity index (χ4v) is 2.27. The summed E-state index contributed by atoms with van der Waals surface area (Å²) in [5.41, 5.74) is 0. The molecule has 1 rings (SSSR count). The molecule has 2 atom stereocenters. The van der Waals surface area contributed by atoms with Gasteiger partial charge in [-0.05, 0) is 38.0 Å². The molecular weight excluding hydrogens is 181 g/mol. The third kappa shape index (κ3) is 4.42. The summed E-state index contributed by atoms with van der Waals surface area (Å²) in [6.07, 6.45) is 5.53. The lowest BCUT2D eigenvalue weighted by Gasteiger charge is -2.30. The van der Waals surface area contributed by atoms with E-state index >= 15 is 0 Å². The van der Waals surface area contributed by atoms with Crippen molar-refractivity contribution < 1.29 is 15.2 Å². The summed E-state index contributed by atoms with van der Waals surface area (Å²) < 4.78 is 0. The highest BCUT2D eigenvalue weighted by atomic mass is 17.1. The van der Waals surface area contributed by atoms with E-state index in [0.717, 1.165) is 19.3 Å². The number of hydrogen-bond acceptors (Lipinski definition) is 4. The third-order valence-corrected chi connectivity index (χ3v) is 2.88. The van der Waals surface area contributed by atoms with Gasteiger partial charge < -0.3 is 10.3 Å². The van der Waals surface area contributed by atoms with Gasteiger partial charge in [-0.25, -0.2) is 4.89 Å². The summed E-state index contributed by atoms with van der Waals surface area (Å²) in [6, 6.07) is 0.424. The Balaban J connectivity index is 2.21. The van der Waals surface area contributed by atoms with E-state index < -0.39 is 7.05 Å². The van der Waals surface area contributed by atoms with E-state index in [1.54, 1.807) is 6.82 Å². The van der Waals surface area contributed by atoms with Gasteiger partial charge in [0.2, 0.25) is 0 Å². The van der Waals surface area contributed by atoms with E-state index in [-0.39, 0.29) is 0 Å². The average molecular weight is 201 g/mol. The summed E-state index contributed by atoms with van der Waals surface area (Å²) in [7, 11) is -0.423. The monoisotopic (exact) mass is 201 g/mol. The van der Waals surface area contributed by atoms with E-state index in [4.69, 9.17) is 5.26 Å². The molecule has 4 nitrogen and oxygen atoms in total. The maximum absolute atomic E-state index is 9.19. The first-order chi connectivity index (χ1) is 6.72. The predicted octanol–water partition coefficient (Wildman–Crippen LogP) is 1.12. The van der Waals surface area contributed by atoms with Crippen molar-refractivity contribution in [3.05, 3.63) is 0 Å². The highest BCUT2D eigenvalue weighted by Crippen LogP contribution is 2.26. The van der Waals surface area contributed by atoms with Crippen LogP contribution < -0.4 is 5.23 Å². The summed E-state index contributed by atoms with van der Waals surface area (Å²) in [5.74, 6) is 0.618. The topological polar surface area (TPSA) is 61.7 Å². The molecule has 0 heterocycles. The van der Waals surface area contributed by atoms with Crippen molar-refractivity contribution in [3.63, 3.8) is 0 Å². The molecule has 1 saturated carbocycles. The van der Waals surface area contributed by atoms with Gasteiger partial charge in [-0.3, -0.25) is 5.26 Å². The zero-order valence-corrected chi connectivity index (χ0v) is 8.78. The van der Waals surface area contributed by atoms with Gasteiger partial charge in [0.25, 0.3) is 0 Å². The number of rotatable bonds is 5. The Bertz CT molecular complexity index is 157. The maximum Gasteiger partial charge on any atom is 0.373 e. The van der Waals surface area contributed by atoms with Crippen molar-refractivity contribution in [2.24, 2.45) is 5.92 Å². The van der Waals surface area contributed by atoms with Crippen LogP contribution in [-0.2, 0) is 4.89 Å². The lowest BCUT2D eigenvalue weighted by Crippen LogP contribution is -2.42. The highest BCUT2D eigenvalue weighted by molar-refractivity contribution is 6.45. The molecule has 5 heteroatoms. The Morgan fingerprint density at radius 2 is 2.29 bits per heavy atom. The summed E-state index contributed by atoms with van der Waals surface area (Å²) in [6.45, 7) is 2.17. The minimum Gasteiger partial charge on any atom is -0.437 e. The van der Waals surface area contributed by atoms with Gasteiger partial charge in [0.1, 0.15) is 0 Å². The van der Waals surface area contributed by atoms with Crippen LogP contribution in [0.3, 0.4) is 0 Å². The first-order valence-corrected chi connectivity index (χ1v) is 5.43. The molecule has 0 aromatic carbocycles. The lowest BCUT2D eigenvalue weighted by atomic mass is 9.79. The largest absolute Gasteiger partial charge is 0.437 e. The normalized spacial score (nSPS) is 27.6. The summed E-state index contributed by atoms with van der Waals surface area (Å²) in [4.78, 5) is 4.09. The van der Waals surface area contributed by atoms with E-state index in [1.807, 2.05) is 0 Å². The smallest absolute Gasteiger partial charge is 0.373 e. The molecule has 0 radical (unpaired) electrons. The van der Waals surface area contributed by atoms with Crippen molar-refractivity contribution in [1.82, 2.24) is 5.23 Å². The zero-order valence-electron chi connectivity index (χ0n) is 8.78. The Kier molecular flexibility index (Phi) is 5.48. The van der Waals surface area contributed by atoms with Crippen molar-refractivity contribution >= 4 is 7.05 Å². The number of nitrogens with one attached hydrogen (secondary N) is 1. The Morgan fingerprint density at radius 1 is 1.50 bits per heavy atom. The molecule has 0 unspecified atom stereocenters. The second-order valence-electron chi connectivity index (χ2n) is 4.19. The minimum absolute atomic E-state index is 0.423. The van der Waals surface area contributed by atoms with Gasteiger partial charge in [-0.15, -0.1) is 0 Å². The summed E-state index contributed by atoms with van der Waals surface area (Å²) in [5, 5.41) is 20.6. The van der Waals surface area contributed by atoms with E-state index in [0.29, 0.717) is 18.6 Å².